The van der Waals surface area contributed by atoms with Gasteiger partial charge in [-0.3, -0.25) is 4.68 Å². The summed E-state index contributed by atoms with van der Waals surface area (Å²) >= 11 is 5.77. The molecule has 0 bridgehead atoms. The highest BCUT2D eigenvalue weighted by atomic mass is 35.5. The van der Waals surface area contributed by atoms with E-state index in [1.807, 2.05) is 0 Å². The second-order valence-corrected chi connectivity index (χ2v) is 5.87. The highest BCUT2D eigenvalue weighted by molar-refractivity contribution is 6.30. The Morgan fingerprint density at radius 3 is 2.42 bits per heavy atom. The lowest BCUT2D eigenvalue weighted by atomic mass is 10.0. The van der Waals surface area contributed by atoms with Crippen LogP contribution in [-0.2, 0) is 12.7 Å². The van der Waals surface area contributed by atoms with E-state index in [0.29, 0.717) is 10.8 Å². The number of alkyl halides is 3. The highest BCUT2D eigenvalue weighted by Gasteiger charge is 2.35. The molecule has 136 valence electrons. The minimum atomic E-state index is -4.65. The molecule has 5 nitrogen and oxygen atoms in total. The number of rotatable bonds is 5. The van der Waals surface area contributed by atoms with Gasteiger partial charge in [0, 0.05) is 5.02 Å². The van der Waals surface area contributed by atoms with Crippen molar-refractivity contribution in [2.24, 2.45) is 0 Å². The van der Waals surface area contributed by atoms with Crippen LogP contribution in [0.5, 0.6) is 11.5 Å². The number of hydrogen-bond donors (Lipinski definition) is 1. The van der Waals surface area contributed by atoms with Gasteiger partial charge in [0.25, 0.3) is 0 Å². The van der Waals surface area contributed by atoms with Crippen LogP contribution in [0.25, 0.3) is 0 Å². The average Bonchev–Trinajstić information content (AvgIpc) is 3.09. The SMILES string of the molecule is OC(Cn1cncn1)c1ccc(Oc2ccc(Cl)cc2)cc1C(F)(F)F. The van der Waals surface area contributed by atoms with Crippen LogP contribution in [0, 0.1) is 0 Å². The summed E-state index contributed by atoms with van der Waals surface area (Å²) < 4.78 is 47.0. The fourth-order valence-electron chi connectivity index (χ4n) is 2.38. The lowest BCUT2D eigenvalue weighted by molar-refractivity contribution is -0.139. The van der Waals surface area contributed by atoms with Gasteiger partial charge >= 0.3 is 6.18 Å². The van der Waals surface area contributed by atoms with Crippen molar-refractivity contribution in [3.63, 3.8) is 0 Å². The number of ether oxygens (including phenoxy) is 1. The number of halogens is 4. The second-order valence-electron chi connectivity index (χ2n) is 5.44. The van der Waals surface area contributed by atoms with Crippen molar-refractivity contribution in [1.82, 2.24) is 14.8 Å². The van der Waals surface area contributed by atoms with Gasteiger partial charge in [0.2, 0.25) is 0 Å². The smallest absolute Gasteiger partial charge is 0.416 e. The molecule has 0 aliphatic carbocycles. The van der Waals surface area contributed by atoms with Gasteiger partial charge in [0.1, 0.15) is 24.2 Å². The molecule has 0 aliphatic heterocycles. The molecule has 1 N–H and O–H groups in total. The van der Waals surface area contributed by atoms with Crippen LogP contribution in [0.3, 0.4) is 0 Å². The summed E-state index contributed by atoms with van der Waals surface area (Å²) in [7, 11) is 0. The highest BCUT2D eigenvalue weighted by Crippen LogP contribution is 2.38. The molecule has 1 atom stereocenters. The average molecular weight is 384 g/mol. The Kier molecular flexibility index (Phi) is 5.15. The fourth-order valence-corrected chi connectivity index (χ4v) is 2.50. The summed E-state index contributed by atoms with van der Waals surface area (Å²) in [5.41, 5.74) is -1.24. The predicted molar refractivity (Wildman–Crippen MR) is 88.0 cm³/mol. The van der Waals surface area contributed by atoms with E-state index in [4.69, 9.17) is 16.3 Å². The zero-order chi connectivity index (χ0) is 18.7. The molecule has 1 unspecified atom stereocenters. The van der Waals surface area contributed by atoms with Gasteiger partial charge in [-0.25, -0.2) is 4.98 Å². The third kappa shape index (κ3) is 4.33. The molecule has 2 aromatic carbocycles. The molecule has 0 aliphatic rings. The third-order valence-electron chi connectivity index (χ3n) is 3.57. The zero-order valence-corrected chi connectivity index (χ0v) is 13.9. The number of aliphatic hydroxyl groups is 1. The van der Waals surface area contributed by atoms with Crippen LogP contribution in [0.2, 0.25) is 5.02 Å². The first kappa shape index (κ1) is 18.2. The Morgan fingerprint density at radius 1 is 1.12 bits per heavy atom. The molecule has 26 heavy (non-hydrogen) atoms. The predicted octanol–water partition coefficient (Wildman–Crippen LogP) is 4.48. The topological polar surface area (TPSA) is 60.2 Å². The quantitative estimate of drug-likeness (QED) is 0.706. The number of benzene rings is 2. The Labute approximate surface area is 151 Å². The molecule has 1 aromatic heterocycles. The summed E-state index contributed by atoms with van der Waals surface area (Å²) in [5, 5.41) is 14.5. The van der Waals surface area contributed by atoms with Crippen molar-refractivity contribution in [1.29, 1.82) is 0 Å². The van der Waals surface area contributed by atoms with Crippen molar-refractivity contribution in [2.45, 2.75) is 18.8 Å². The van der Waals surface area contributed by atoms with Crippen molar-refractivity contribution in [3.05, 3.63) is 71.3 Å². The zero-order valence-electron chi connectivity index (χ0n) is 13.2. The van der Waals surface area contributed by atoms with Crippen LogP contribution in [0.1, 0.15) is 17.2 Å². The van der Waals surface area contributed by atoms with E-state index in [1.54, 1.807) is 24.3 Å². The first-order valence-corrected chi connectivity index (χ1v) is 7.86. The van der Waals surface area contributed by atoms with Crippen LogP contribution in [0.15, 0.2) is 55.1 Å². The van der Waals surface area contributed by atoms with Gasteiger partial charge in [-0.1, -0.05) is 17.7 Å². The van der Waals surface area contributed by atoms with Crippen LogP contribution in [-0.4, -0.2) is 19.9 Å². The molecular weight excluding hydrogens is 371 g/mol. The molecule has 0 amide bonds. The van der Waals surface area contributed by atoms with Gasteiger partial charge in [-0.05, 0) is 42.0 Å². The molecule has 3 aromatic rings. The number of nitrogens with zero attached hydrogens (tertiary/aromatic N) is 3. The summed E-state index contributed by atoms with van der Waals surface area (Å²) in [6.07, 6.45) is -3.51. The van der Waals surface area contributed by atoms with E-state index in [0.717, 1.165) is 6.07 Å². The number of aromatic nitrogens is 3. The second kappa shape index (κ2) is 7.35. The van der Waals surface area contributed by atoms with Gasteiger partial charge < -0.3 is 9.84 Å². The largest absolute Gasteiger partial charge is 0.457 e. The third-order valence-corrected chi connectivity index (χ3v) is 3.82. The lowest BCUT2D eigenvalue weighted by Gasteiger charge is -2.19. The molecule has 0 spiro atoms. The van der Waals surface area contributed by atoms with Gasteiger partial charge in [-0.15, -0.1) is 0 Å². The molecule has 0 saturated carbocycles. The van der Waals surface area contributed by atoms with E-state index >= 15 is 0 Å². The van der Waals surface area contributed by atoms with E-state index < -0.39 is 17.8 Å². The first-order valence-electron chi connectivity index (χ1n) is 7.48. The normalized spacial score (nSPS) is 12.8. The monoisotopic (exact) mass is 383 g/mol. The minimum Gasteiger partial charge on any atom is -0.457 e. The summed E-state index contributed by atoms with van der Waals surface area (Å²) in [6.45, 7) is -0.152. The van der Waals surface area contributed by atoms with E-state index in [1.165, 1.54) is 29.5 Å². The molecule has 1 heterocycles. The van der Waals surface area contributed by atoms with Crippen molar-refractivity contribution < 1.29 is 23.0 Å². The summed E-state index contributed by atoms with van der Waals surface area (Å²) in [5.74, 6) is 0.342. The van der Waals surface area contributed by atoms with Crippen molar-refractivity contribution in [3.8, 4) is 11.5 Å². The fraction of sp³-hybridized carbons (Fsp3) is 0.176. The maximum Gasteiger partial charge on any atom is 0.416 e. The Balaban J connectivity index is 1.89. The van der Waals surface area contributed by atoms with Crippen LogP contribution < -0.4 is 4.74 Å². The van der Waals surface area contributed by atoms with E-state index in [9.17, 15) is 18.3 Å². The summed E-state index contributed by atoms with van der Waals surface area (Å²) in [6, 6.07) is 9.63. The molecule has 0 fully saturated rings. The molecule has 0 saturated heterocycles. The number of hydrogen-bond acceptors (Lipinski definition) is 4. The van der Waals surface area contributed by atoms with Crippen LogP contribution >= 0.6 is 11.6 Å². The Hall–Kier alpha value is -2.58. The lowest BCUT2D eigenvalue weighted by Crippen LogP contribution is -2.16. The molecule has 0 radical (unpaired) electrons. The first-order chi connectivity index (χ1) is 12.3. The summed E-state index contributed by atoms with van der Waals surface area (Å²) in [4.78, 5) is 3.70. The molecular formula is C17H13ClF3N3O2. The van der Waals surface area contributed by atoms with Gasteiger partial charge in [0.05, 0.1) is 18.2 Å². The Bertz CT molecular complexity index is 868. The maximum atomic E-state index is 13.4. The Morgan fingerprint density at radius 2 is 1.81 bits per heavy atom. The van der Waals surface area contributed by atoms with E-state index in [2.05, 4.69) is 10.1 Å². The van der Waals surface area contributed by atoms with E-state index in [-0.39, 0.29) is 17.9 Å². The van der Waals surface area contributed by atoms with Crippen LogP contribution in [0.4, 0.5) is 13.2 Å². The van der Waals surface area contributed by atoms with Crippen molar-refractivity contribution in [2.75, 3.05) is 0 Å². The molecule has 9 heteroatoms. The van der Waals surface area contributed by atoms with Crippen molar-refractivity contribution >= 4 is 11.6 Å². The van der Waals surface area contributed by atoms with Gasteiger partial charge in [0.15, 0.2) is 0 Å². The molecule has 3 rings (SSSR count). The minimum absolute atomic E-state index is 0.00338. The number of aliphatic hydroxyl groups excluding tert-OH is 1. The maximum absolute atomic E-state index is 13.4. The van der Waals surface area contributed by atoms with Gasteiger partial charge in [-0.2, -0.15) is 18.3 Å². The standard InChI is InChI=1S/C17H13ClF3N3O2/c18-11-1-3-12(4-2-11)26-13-5-6-14(15(7-13)17(19,20)21)16(25)8-24-10-22-9-23-24/h1-7,9-10,16,25H,8H2.